The minimum atomic E-state index is -0.125. The Labute approximate surface area is 122 Å². The van der Waals surface area contributed by atoms with Gasteiger partial charge in [0.25, 0.3) is 0 Å². The van der Waals surface area contributed by atoms with E-state index in [-0.39, 0.29) is 5.62 Å². The molecule has 2 aliphatic rings. The normalized spacial score (nSPS) is 36.0. The van der Waals surface area contributed by atoms with Gasteiger partial charge in [0.15, 0.2) is 0 Å². The van der Waals surface area contributed by atoms with E-state index in [9.17, 15) is 0 Å². The minimum Gasteiger partial charge on any atom is -0.310 e. The molecule has 4 nitrogen and oxygen atoms in total. The van der Waals surface area contributed by atoms with Gasteiger partial charge in [-0.3, -0.25) is 15.5 Å². The van der Waals surface area contributed by atoms with Crippen molar-refractivity contribution in [3.63, 3.8) is 0 Å². The lowest BCUT2D eigenvalue weighted by molar-refractivity contribution is 0.0564. The lowest BCUT2D eigenvalue weighted by Crippen LogP contribution is -2.68. The molecule has 2 saturated heterocycles. The number of nitrogens with zero attached hydrogens (tertiary/aromatic N) is 1. The fraction of sp³-hybridized carbons (Fsp3) is 1.00. The van der Waals surface area contributed by atoms with Crippen molar-refractivity contribution in [2.75, 3.05) is 19.6 Å². The minimum absolute atomic E-state index is 0.125. The highest BCUT2D eigenvalue weighted by molar-refractivity contribution is 6.20. The van der Waals surface area contributed by atoms with Crippen LogP contribution in [0.15, 0.2) is 0 Å². The lowest BCUT2D eigenvalue weighted by atomic mass is 9.81. The van der Waals surface area contributed by atoms with Crippen LogP contribution in [0.2, 0.25) is 0 Å². The zero-order chi connectivity index (χ0) is 14.0. The van der Waals surface area contributed by atoms with Gasteiger partial charge >= 0.3 is 0 Å². The van der Waals surface area contributed by atoms with E-state index in [1.807, 2.05) is 0 Å². The predicted molar refractivity (Wildman–Crippen MR) is 81.2 cm³/mol. The Hall–Kier alpha value is 0.130. The van der Waals surface area contributed by atoms with E-state index in [4.69, 9.17) is 11.6 Å². The predicted octanol–water partition coefficient (Wildman–Crippen LogP) is 1.52. The molecule has 19 heavy (non-hydrogen) atoms. The van der Waals surface area contributed by atoms with Gasteiger partial charge in [-0.2, -0.15) is 0 Å². The van der Waals surface area contributed by atoms with Crippen LogP contribution in [0.5, 0.6) is 0 Å². The molecule has 0 radical (unpaired) electrons. The molecule has 2 rings (SSSR count). The second kappa shape index (κ2) is 6.27. The number of halogens is 1. The van der Waals surface area contributed by atoms with Crippen LogP contribution in [-0.4, -0.2) is 48.4 Å². The van der Waals surface area contributed by atoms with Gasteiger partial charge in [-0.15, -0.1) is 0 Å². The highest BCUT2D eigenvalue weighted by Crippen LogP contribution is 2.31. The van der Waals surface area contributed by atoms with Crippen LogP contribution in [0.25, 0.3) is 0 Å². The first-order chi connectivity index (χ1) is 9.01. The van der Waals surface area contributed by atoms with Crippen molar-refractivity contribution in [3.8, 4) is 0 Å². The van der Waals surface area contributed by atoms with Crippen molar-refractivity contribution < 1.29 is 0 Å². The first-order valence-electron chi connectivity index (χ1n) is 7.64. The average molecular weight is 289 g/mol. The molecule has 0 bridgehead atoms. The number of hydrogen-bond donors (Lipinski definition) is 3. The molecule has 2 aliphatic heterocycles. The maximum absolute atomic E-state index is 6.22. The third-order valence-electron chi connectivity index (χ3n) is 4.99. The summed E-state index contributed by atoms with van der Waals surface area (Å²) in [6, 6.07) is 0.955. The summed E-state index contributed by atoms with van der Waals surface area (Å²) >= 11 is 6.22. The number of fused-ring (bicyclic) bond motifs is 1. The van der Waals surface area contributed by atoms with Crippen LogP contribution < -0.4 is 16.0 Å². The first-order valence-corrected chi connectivity index (χ1v) is 8.07. The van der Waals surface area contributed by atoms with E-state index in [0.717, 1.165) is 19.6 Å². The monoisotopic (exact) mass is 288 g/mol. The summed E-state index contributed by atoms with van der Waals surface area (Å²) in [4.78, 5) is 2.59. The summed E-state index contributed by atoms with van der Waals surface area (Å²) < 4.78 is 0. The van der Waals surface area contributed by atoms with E-state index < -0.39 is 0 Å². The first kappa shape index (κ1) is 15.5. The topological polar surface area (TPSA) is 39.3 Å². The molecule has 0 aromatic rings. The molecule has 2 heterocycles. The third-order valence-corrected chi connectivity index (χ3v) is 5.27. The standard InChI is InChI=1S/C14H29ClN4/c1-5-14(6-2)8-17-11-7-16-13(15)18-12(11)19(9-14)10(3)4/h10-13,16-18H,5-9H2,1-4H3. The fourth-order valence-corrected chi connectivity index (χ4v) is 3.51. The molecule has 0 aromatic heterocycles. The summed E-state index contributed by atoms with van der Waals surface area (Å²) in [6.07, 6.45) is 2.76. The second-order valence-electron chi connectivity index (χ2n) is 6.34. The van der Waals surface area contributed by atoms with Crippen LogP contribution in [0.3, 0.4) is 0 Å². The molecule has 2 fully saturated rings. The number of rotatable bonds is 3. The van der Waals surface area contributed by atoms with Crippen LogP contribution in [-0.2, 0) is 0 Å². The molecule has 112 valence electrons. The van der Waals surface area contributed by atoms with E-state index in [2.05, 4.69) is 48.5 Å². The summed E-state index contributed by atoms with van der Waals surface area (Å²) in [5.74, 6) is 0. The van der Waals surface area contributed by atoms with Crippen LogP contribution in [0.4, 0.5) is 0 Å². The third kappa shape index (κ3) is 3.24. The van der Waals surface area contributed by atoms with Gasteiger partial charge in [0.1, 0.15) is 5.62 Å². The maximum Gasteiger partial charge on any atom is 0.136 e. The van der Waals surface area contributed by atoms with Crippen molar-refractivity contribution in [2.45, 2.75) is 64.4 Å². The Morgan fingerprint density at radius 3 is 2.53 bits per heavy atom. The van der Waals surface area contributed by atoms with E-state index in [1.54, 1.807) is 0 Å². The van der Waals surface area contributed by atoms with Crippen molar-refractivity contribution >= 4 is 11.6 Å². The Kier molecular flexibility index (Phi) is 5.12. The summed E-state index contributed by atoms with van der Waals surface area (Å²) in [6.45, 7) is 12.4. The highest BCUT2D eigenvalue weighted by Gasteiger charge is 2.42. The quantitative estimate of drug-likeness (QED) is 0.544. The fourth-order valence-electron chi connectivity index (χ4n) is 3.29. The van der Waals surface area contributed by atoms with Crippen molar-refractivity contribution in [1.29, 1.82) is 0 Å². The smallest absolute Gasteiger partial charge is 0.136 e. The lowest BCUT2D eigenvalue weighted by Gasteiger charge is -2.44. The molecule has 0 aliphatic carbocycles. The number of alkyl halides is 1. The molecule has 0 spiro atoms. The average Bonchev–Trinajstić information content (AvgIpc) is 2.56. The summed E-state index contributed by atoms with van der Waals surface area (Å²) in [5.41, 5.74) is 0.255. The molecular formula is C14H29ClN4. The molecule has 5 heteroatoms. The molecular weight excluding hydrogens is 260 g/mol. The summed E-state index contributed by atoms with van der Waals surface area (Å²) in [7, 11) is 0. The zero-order valence-electron chi connectivity index (χ0n) is 12.7. The number of nitrogens with one attached hydrogen (secondary N) is 3. The van der Waals surface area contributed by atoms with Gasteiger partial charge in [0.2, 0.25) is 0 Å². The molecule has 0 aromatic carbocycles. The second-order valence-corrected chi connectivity index (χ2v) is 6.78. The van der Waals surface area contributed by atoms with Gasteiger partial charge < -0.3 is 5.32 Å². The van der Waals surface area contributed by atoms with Crippen molar-refractivity contribution in [3.05, 3.63) is 0 Å². The van der Waals surface area contributed by atoms with E-state index >= 15 is 0 Å². The van der Waals surface area contributed by atoms with Crippen LogP contribution >= 0.6 is 11.6 Å². The van der Waals surface area contributed by atoms with Gasteiger partial charge in [0.05, 0.1) is 6.17 Å². The van der Waals surface area contributed by atoms with E-state index in [1.165, 1.54) is 12.8 Å². The van der Waals surface area contributed by atoms with Crippen LogP contribution in [0, 0.1) is 5.41 Å². The maximum atomic E-state index is 6.22. The van der Waals surface area contributed by atoms with E-state index in [0.29, 0.717) is 23.7 Å². The molecule has 3 N–H and O–H groups in total. The zero-order valence-corrected chi connectivity index (χ0v) is 13.4. The van der Waals surface area contributed by atoms with Gasteiger partial charge in [-0.05, 0) is 32.1 Å². The molecule has 3 unspecified atom stereocenters. The van der Waals surface area contributed by atoms with Gasteiger partial charge in [-0.1, -0.05) is 25.4 Å². The molecule has 3 atom stereocenters. The Bertz CT molecular complexity index is 293. The van der Waals surface area contributed by atoms with Gasteiger partial charge in [-0.25, -0.2) is 0 Å². The number of hydrogen-bond acceptors (Lipinski definition) is 4. The molecule has 0 saturated carbocycles. The van der Waals surface area contributed by atoms with Crippen molar-refractivity contribution in [2.24, 2.45) is 5.41 Å². The SMILES string of the molecule is CCC1(CC)CNC2CNC(Cl)NC2N(C(C)C)C1. The Morgan fingerprint density at radius 1 is 1.26 bits per heavy atom. The Balaban J connectivity index is 2.22. The largest absolute Gasteiger partial charge is 0.310 e. The van der Waals surface area contributed by atoms with Crippen LogP contribution in [0.1, 0.15) is 40.5 Å². The van der Waals surface area contributed by atoms with Crippen molar-refractivity contribution in [1.82, 2.24) is 20.9 Å². The highest BCUT2D eigenvalue weighted by atomic mass is 35.5. The summed E-state index contributed by atoms with van der Waals surface area (Å²) in [5, 5.41) is 10.5. The Morgan fingerprint density at radius 2 is 1.95 bits per heavy atom. The molecule has 0 amide bonds. The van der Waals surface area contributed by atoms with Gasteiger partial charge in [0, 0.05) is 31.7 Å².